The number of nitrogens with zero attached hydrogens (tertiary/aromatic N) is 1. The van der Waals surface area contributed by atoms with Crippen molar-refractivity contribution in [2.75, 3.05) is 6.61 Å². The van der Waals surface area contributed by atoms with Gasteiger partial charge in [0.15, 0.2) is 5.71 Å². The number of hydrogen-bond donors (Lipinski definition) is 0. The van der Waals surface area contributed by atoms with E-state index in [1.165, 1.54) is 6.42 Å². The molecule has 0 amide bonds. The Balaban J connectivity index is 2.22. The number of rotatable bonds is 9. The van der Waals surface area contributed by atoms with Crippen molar-refractivity contribution in [1.82, 2.24) is 0 Å². The van der Waals surface area contributed by atoms with Crippen LogP contribution in [0, 0.1) is 23.7 Å². The van der Waals surface area contributed by atoms with E-state index < -0.39 is 24.1 Å². The Bertz CT molecular complexity index is 590. The number of carbonyl (C=O) groups excluding carboxylic acids is 2. The van der Waals surface area contributed by atoms with E-state index in [4.69, 9.17) is 19.0 Å². The fourth-order valence-corrected chi connectivity index (χ4v) is 4.01. The molecule has 1 heterocycles. The molecule has 0 aromatic heterocycles. The molecule has 0 bridgehead atoms. The van der Waals surface area contributed by atoms with Crippen LogP contribution in [0.15, 0.2) is 5.16 Å². The summed E-state index contributed by atoms with van der Waals surface area (Å²) in [4.78, 5) is 30.1. The molecule has 7 nitrogen and oxygen atoms in total. The Morgan fingerprint density at radius 2 is 1.97 bits per heavy atom. The lowest BCUT2D eigenvalue weighted by Gasteiger charge is -2.38. The van der Waals surface area contributed by atoms with Crippen LogP contribution in [0.25, 0.3) is 0 Å². The average Bonchev–Trinajstić information content (AvgIpc) is 3.01. The van der Waals surface area contributed by atoms with Gasteiger partial charge in [0, 0.05) is 0 Å². The van der Waals surface area contributed by atoms with Crippen molar-refractivity contribution in [2.24, 2.45) is 28.8 Å². The van der Waals surface area contributed by atoms with Gasteiger partial charge in [-0.3, -0.25) is 4.79 Å². The fraction of sp³-hybridized carbons (Fsp3) is 0.864. The molecule has 1 unspecified atom stereocenters. The van der Waals surface area contributed by atoms with E-state index in [-0.39, 0.29) is 30.9 Å². The molecule has 0 aromatic carbocycles. The third-order valence-electron chi connectivity index (χ3n) is 5.97. The van der Waals surface area contributed by atoms with Crippen molar-refractivity contribution in [3.8, 4) is 0 Å². The zero-order chi connectivity index (χ0) is 21.6. The molecule has 6 atom stereocenters. The Kier molecular flexibility index (Phi) is 8.93. The van der Waals surface area contributed by atoms with Gasteiger partial charge in [0.1, 0.15) is 6.10 Å². The summed E-state index contributed by atoms with van der Waals surface area (Å²) in [7, 11) is 0. The second-order valence-corrected chi connectivity index (χ2v) is 8.69. The number of carbonyl (C=O) groups is 2. The van der Waals surface area contributed by atoms with Gasteiger partial charge in [-0.25, -0.2) is 4.79 Å². The van der Waals surface area contributed by atoms with Crippen LogP contribution < -0.4 is 0 Å². The molecule has 2 rings (SSSR count). The van der Waals surface area contributed by atoms with Crippen LogP contribution >= 0.6 is 0 Å². The fourth-order valence-electron chi connectivity index (χ4n) is 4.01. The predicted molar refractivity (Wildman–Crippen MR) is 109 cm³/mol. The lowest BCUT2D eigenvalue weighted by atomic mass is 9.75. The van der Waals surface area contributed by atoms with E-state index in [0.29, 0.717) is 17.8 Å². The summed E-state index contributed by atoms with van der Waals surface area (Å²) in [6.07, 6.45) is 2.94. The molecular weight excluding hydrogens is 374 g/mol. The Hall–Kier alpha value is -1.63. The van der Waals surface area contributed by atoms with Crippen LogP contribution in [-0.2, 0) is 28.6 Å². The quantitative estimate of drug-likeness (QED) is 0.323. The van der Waals surface area contributed by atoms with Gasteiger partial charge in [-0.15, -0.1) is 0 Å². The molecule has 0 spiro atoms. The van der Waals surface area contributed by atoms with Crippen LogP contribution in [0.3, 0.4) is 0 Å². The maximum atomic E-state index is 12.5. The molecule has 1 aliphatic heterocycles. The van der Waals surface area contributed by atoms with Crippen molar-refractivity contribution < 1.29 is 28.6 Å². The Morgan fingerprint density at radius 3 is 2.59 bits per heavy atom. The van der Waals surface area contributed by atoms with Gasteiger partial charge in [0.2, 0.25) is 6.29 Å². The molecule has 0 aromatic rings. The maximum Gasteiger partial charge on any atom is 0.356 e. The lowest BCUT2D eigenvalue weighted by molar-refractivity contribution is -0.191. The van der Waals surface area contributed by atoms with Crippen LogP contribution in [-0.4, -0.2) is 42.8 Å². The van der Waals surface area contributed by atoms with Gasteiger partial charge in [-0.1, -0.05) is 39.3 Å². The van der Waals surface area contributed by atoms with E-state index in [1.807, 2.05) is 13.8 Å². The summed E-state index contributed by atoms with van der Waals surface area (Å²) in [5, 5.41) is 4.07. The van der Waals surface area contributed by atoms with E-state index in [9.17, 15) is 9.59 Å². The first-order chi connectivity index (χ1) is 13.8. The smallest absolute Gasteiger partial charge is 0.356 e. The van der Waals surface area contributed by atoms with Gasteiger partial charge in [0.05, 0.1) is 25.0 Å². The van der Waals surface area contributed by atoms with Gasteiger partial charge < -0.3 is 19.0 Å². The molecule has 0 radical (unpaired) electrons. The summed E-state index contributed by atoms with van der Waals surface area (Å²) in [5.74, 6) is -0.204. The second kappa shape index (κ2) is 11.0. The van der Waals surface area contributed by atoms with Crippen molar-refractivity contribution in [1.29, 1.82) is 0 Å². The minimum Gasteiger partial charge on any atom is -0.461 e. The largest absolute Gasteiger partial charge is 0.461 e. The van der Waals surface area contributed by atoms with Crippen LogP contribution in [0.4, 0.5) is 0 Å². The third-order valence-corrected chi connectivity index (χ3v) is 5.97. The van der Waals surface area contributed by atoms with Gasteiger partial charge in [-0.2, -0.15) is 0 Å². The number of esters is 2. The molecule has 1 saturated carbocycles. The van der Waals surface area contributed by atoms with E-state index >= 15 is 0 Å². The van der Waals surface area contributed by atoms with Crippen molar-refractivity contribution in [2.45, 2.75) is 92.1 Å². The summed E-state index contributed by atoms with van der Waals surface area (Å²) in [5.41, 5.74) is 0.0629. The molecule has 1 saturated heterocycles. The zero-order valence-corrected chi connectivity index (χ0v) is 18.7. The van der Waals surface area contributed by atoms with E-state index in [2.05, 4.69) is 25.9 Å². The van der Waals surface area contributed by atoms with E-state index in [1.54, 1.807) is 6.92 Å². The number of oxime groups is 1. The Labute approximate surface area is 174 Å². The topological polar surface area (TPSA) is 83.4 Å². The summed E-state index contributed by atoms with van der Waals surface area (Å²) < 4.78 is 17.0. The third kappa shape index (κ3) is 6.43. The number of cyclic esters (lactones) is 1. The molecule has 7 heteroatoms. The Morgan fingerprint density at radius 1 is 1.24 bits per heavy atom. The summed E-state index contributed by atoms with van der Waals surface area (Å²) in [6, 6.07) is 0. The van der Waals surface area contributed by atoms with Crippen LogP contribution in [0.5, 0.6) is 0 Å². The molecule has 1 aliphatic carbocycles. The van der Waals surface area contributed by atoms with Gasteiger partial charge in [-0.05, 0) is 50.9 Å². The monoisotopic (exact) mass is 411 g/mol. The van der Waals surface area contributed by atoms with E-state index in [0.717, 1.165) is 19.3 Å². The normalized spacial score (nSPS) is 31.5. The minimum atomic E-state index is -0.845. The van der Waals surface area contributed by atoms with Crippen molar-refractivity contribution in [3.05, 3.63) is 0 Å². The number of hydrogen-bond acceptors (Lipinski definition) is 7. The molecule has 166 valence electrons. The molecule has 29 heavy (non-hydrogen) atoms. The van der Waals surface area contributed by atoms with Gasteiger partial charge >= 0.3 is 11.9 Å². The molecular formula is C22H37NO6. The van der Waals surface area contributed by atoms with Crippen LogP contribution in [0.2, 0.25) is 0 Å². The van der Waals surface area contributed by atoms with Crippen LogP contribution in [0.1, 0.15) is 73.6 Å². The second-order valence-electron chi connectivity index (χ2n) is 8.69. The highest BCUT2D eigenvalue weighted by atomic mass is 16.7. The highest BCUT2D eigenvalue weighted by molar-refractivity contribution is 6.37. The minimum absolute atomic E-state index is 0.0175. The highest BCUT2D eigenvalue weighted by Gasteiger charge is 2.45. The number of ether oxygens (including phenoxy) is 3. The highest BCUT2D eigenvalue weighted by Crippen LogP contribution is 2.38. The van der Waals surface area contributed by atoms with Crippen molar-refractivity contribution >= 4 is 17.7 Å². The first-order valence-electron chi connectivity index (χ1n) is 11.0. The van der Waals surface area contributed by atoms with Gasteiger partial charge in [0.25, 0.3) is 0 Å². The SMILES string of the molecule is CCOC(=O)/C(=N\OC(C)CC)[C@@H]1CC(=O)O[C@H]1O[C@@H]1C[C@H](C)CC[C@H]1C(C)C. The maximum absolute atomic E-state index is 12.5. The lowest BCUT2D eigenvalue weighted by Crippen LogP contribution is -2.41. The standard InChI is InChI=1S/C22H37NO6/c1-7-15(6)29-23-20(21(25)26-8-2)17-12-19(24)28-22(17)27-18-11-14(5)9-10-16(18)13(3)4/h13-18,22H,7-12H2,1-6H3/b23-20-/t14-,15?,16+,17+,18-,22-/m1/s1. The average molecular weight is 412 g/mol. The summed E-state index contributed by atoms with van der Waals surface area (Å²) in [6.45, 7) is 12.4. The van der Waals surface area contributed by atoms with Crippen molar-refractivity contribution in [3.63, 3.8) is 0 Å². The first-order valence-corrected chi connectivity index (χ1v) is 11.0. The molecule has 2 aliphatic rings. The molecule has 2 fully saturated rings. The summed E-state index contributed by atoms with van der Waals surface area (Å²) >= 11 is 0. The zero-order valence-electron chi connectivity index (χ0n) is 18.7. The molecule has 0 N–H and O–H groups in total. The predicted octanol–water partition coefficient (Wildman–Crippen LogP) is 4.09. The first kappa shape index (κ1) is 23.6.